The third kappa shape index (κ3) is 3.29. The van der Waals surface area contributed by atoms with Crippen molar-refractivity contribution in [2.45, 2.75) is 5.60 Å². The molecule has 0 amide bonds. The summed E-state index contributed by atoms with van der Waals surface area (Å²) in [5.41, 5.74) is -0.813. The molecule has 0 aliphatic heterocycles. The van der Waals surface area contributed by atoms with Gasteiger partial charge in [0.1, 0.15) is 6.61 Å². The Bertz CT molecular complexity index is 530. The Morgan fingerprint density at radius 1 is 1.05 bits per heavy atom. The van der Waals surface area contributed by atoms with Gasteiger partial charge >= 0.3 is 5.97 Å². The fourth-order valence-corrected chi connectivity index (χ4v) is 2.11. The van der Waals surface area contributed by atoms with Gasteiger partial charge in [0.2, 0.25) is 5.60 Å². The number of carbonyl (C=O) groups excluding carboxylic acids is 1. The summed E-state index contributed by atoms with van der Waals surface area (Å²) in [6, 6.07) is 17.7. The van der Waals surface area contributed by atoms with E-state index in [1.165, 1.54) is 0 Å². The van der Waals surface area contributed by atoms with E-state index in [9.17, 15) is 9.90 Å². The van der Waals surface area contributed by atoms with Crippen LogP contribution in [-0.2, 0) is 15.1 Å². The van der Waals surface area contributed by atoms with Gasteiger partial charge < -0.3 is 15.2 Å². The third-order valence-electron chi connectivity index (χ3n) is 3.26. The van der Waals surface area contributed by atoms with E-state index in [0.29, 0.717) is 17.7 Å². The second kappa shape index (κ2) is 7.02. The zero-order chi connectivity index (χ0) is 15.1. The first kappa shape index (κ1) is 15.2. The minimum Gasteiger partial charge on any atom is -0.462 e. The van der Waals surface area contributed by atoms with E-state index in [2.05, 4.69) is 5.32 Å². The van der Waals surface area contributed by atoms with Gasteiger partial charge in [-0.25, -0.2) is 4.79 Å². The molecule has 4 heteroatoms. The lowest BCUT2D eigenvalue weighted by atomic mass is 9.86. The molecule has 0 aromatic heterocycles. The Balaban J connectivity index is 2.38. The molecule has 0 fully saturated rings. The molecule has 2 aromatic carbocycles. The van der Waals surface area contributed by atoms with E-state index in [4.69, 9.17) is 4.74 Å². The summed E-state index contributed by atoms with van der Waals surface area (Å²) in [5.74, 6) is -0.671. The molecule has 4 nitrogen and oxygen atoms in total. The van der Waals surface area contributed by atoms with Gasteiger partial charge in [0.15, 0.2) is 0 Å². The van der Waals surface area contributed by atoms with Crippen LogP contribution in [-0.4, -0.2) is 31.3 Å². The number of ether oxygens (including phenoxy) is 1. The summed E-state index contributed by atoms with van der Waals surface area (Å²) in [6.07, 6.45) is 0. The number of benzene rings is 2. The minimum absolute atomic E-state index is 0.206. The summed E-state index contributed by atoms with van der Waals surface area (Å²) in [5, 5.41) is 13.9. The zero-order valence-electron chi connectivity index (χ0n) is 12.0. The molecule has 0 unspecified atom stereocenters. The molecular formula is C17H19NO3. The fraction of sp³-hybridized carbons (Fsp3) is 0.235. The van der Waals surface area contributed by atoms with Crippen LogP contribution >= 0.6 is 0 Å². The molecule has 0 aliphatic rings. The molecule has 2 rings (SSSR count). The van der Waals surface area contributed by atoms with Gasteiger partial charge in [0.25, 0.3) is 0 Å². The maximum atomic E-state index is 12.4. The van der Waals surface area contributed by atoms with Crippen LogP contribution in [0.5, 0.6) is 0 Å². The van der Waals surface area contributed by atoms with Crippen LogP contribution < -0.4 is 5.32 Å². The van der Waals surface area contributed by atoms with E-state index in [1.54, 1.807) is 55.6 Å². The number of carbonyl (C=O) groups is 1. The molecule has 2 aromatic rings. The molecule has 0 spiro atoms. The van der Waals surface area contributed by atoms with Gasteiger partial charge in [-0.15, -0.1) is 0 Å². The summed E-state index contributed by atoms with van der Waals surface area (Å²) in [4.78, 5) is 12.4. The van der Waals surface area contributed by atoms with Gasteiger partial charge in [-0.3, -0.25) is 0 Å². The number of rotatable bonds is 6. The minimum atomic E-state index is -1.80. The highest BCUT2D eigenvalue weighted by Crippen LogP contribution is 2.30. The number of aliphatic hydroxyl groups is 1. The number of hydrogen-bond donors (Lipinski definition) is 2. The Hall–Kier alpha value is -2.17. The van der Waals surface area contributed by atoms with Crippen LogP contribution in [0.4, 0.5) is 0 Å². The normalized spacial score (nSPS) is 11.1. The molecule has 0 heterocycles. The Morgan fingerprint density at radius 2 is 1.52 bits per heavy atom. The van der Waals surface area contributed by atoms with Crippen LogP contribution in [0.1, 0.15) is 11.1 Å². The number of nitrogens with one attached hydrogen (secondary N) is 1. The van der Waals surface area contributed by atoms with Crippen molar-refractivity contribution < 1.29 is 14.6 Å². The summed E-state index contributed by atoms with van der Waals surface area (Å²) >= 11 is 0. The third-order valence-corrected chi connectivity index (χ3v) is 3.26. The molecule has 0 bridgehead atoms. The molecule has 0 radical (unpaired) electrons. The molecular weight excluding hydrogens is 266 g/mol. The molecule has 21 heavy (non-hydrogen) atoms. The van der Waals surface area contributed by atoms with Crippen molar-refractivity contribution in [1.29, 1.82) is 0 Å². The highest BCUT2D eigenvalue weighted by Gasteiger charge is 2.41. The van der Waals surface area contributed by atoms with Crippen molar-refractivity contribution >= 4 is 5.97 Å². The SMILES string of the molecule is CNCCOC(=O)C(O)(c1ccccc1)c1ccccc1. The molecule has 0 atom stereocenters. The van der Waals surface area contributed by atoms with E-state index in [0.717, 1.165) is 0 Å². The van der Waals surface area contributed by atoms with Crippen molar-refractivity contribution in [3.63, 3.8) is 0 Å². The van der Waals surface area contributed by atoms with E-state index in [1.807, 2.05) is 12.1 Å². The van der Waals surface area contributed by atoms with Gasteiger partial charge in [-0.2, -0.15) is 0 Å². The Kier molecular flexibility index (Phi) is 5.09. The number of esters is 1. The first-order valence-corrected chi connectivity index (χ1v) is 6.85. The highest BCUT2D eigenvalue weighted by molar-refractivity contribution is 5.85. The average Bonchev–Trinajstić information content (AvgIpc) is 2.56. The van der Waals surface area contributed by atoms with E-state index in [-0.39, 0.29) is 6.61 Å². The molecule has 0 saturated carbocycles. The second-order valence-corrected chi connectivity index (χ2v) is 4.68. The van der Waals surface area contributed by atoms with Crippen molar-refractivity contribution in [3.05, 3.63) is 71.8 Å². The van der Waals surface area contributed by atoms with Crippen LogP contribution in [0.2, 0.25) is 0 Å². The molecule has 110 valence electrons. The average molecular weight is 285 g/mol. The number of likely N-dealkylation sites (N-methyl/N-ethyl adjacent to an activating group) is 1. The number of hydrogen-bond acceptors (Lipinski definition) is 4. The zero-order valence-corrected chi connectivity index (χ0v) is 12.0. The maximum Gasteiger partial charge on any atom is 0.347 e. The largest absolute Gasteiger partial charge is 0.462 e. The fourth-order valence-electron chi connectivity index (χ4n) is 2.11. The second-order valence-electron chi connectivity index (χ2n) is 4.68. The van der Waals surface area contributed by atoms with E-state index < -0.39 is 11.6 Å². The smallest absolute Gasteiger partial charge is 0.347 e. The van der Waals surface area contributed by atoms with Crippen molar-refractivity contribution in [2.75, 3.05) is 20.2 Å². The lowest BCUT2D eigenvalue weighted by Crippen LogP contribution is -2.39. The molecule has 0 aliphatic carbocycles. The van der Waals surface area contributed by atoms with Crippen LogP contribution in [0.15, 0.2) is 60.7 Å². The quantitative estimate of drug-likeness (QED) is 0.626. The van der Waals surface area contributed by atoms with E-state index >= 15 is 0 Å². The highest BCUT2D eigenvalue weighted by atomic mass is 16.5. The Morgan fingerprint density at radius 3 is 1.95 bits per heavy atom. The molecule has 2 N–H and O–H groups in total. The van der Waals surface area contributed by atoms with Gasteiger partial charge in [0.05, 0.1) is 0 Å². The topological polar surface area (TPSA) is 58.6 Å². The summed E-state index contributed by atoms with van der Waals surface area (Å²) < 4.78 is 5.20. The maximum absolute atomic E-state index is 12.4. The van der Waals surface area contributed by atoms with Crippen molar-refractivity contribution in [1.82, 2.24) is 5.32 Å². The van der Waals surface area contributed by atoms with Gasteiger partial charge in [-0.1, -0.05) is 60.7 Å². The first-order chi connectivity index (χ1) is 10.2. The van der Waals surface area contributed by atoms with Gasteiger partial charge in [0, 0.05) is 6.54 Å². The van der Waals surface area contributed by atoms with Crippen molar-refractivity contribution in [2.24, 2.45) is 0 Å². The van der Waals surface area contributed by atoms with Crippen LogP contribution in [0.25, 0.3) is 0 Å². The van der Waals surface area contributed by atoms with Crippen molar-refractivity contribution in [3.8, 4) is 0 Å². The first-order valence-electron chi connectivity index (χ1n) is 6.85. The predicted octanol–water partition coefficient (Wildman–Crippen LogP) is 1.69. The lowest BCUT2D eigenvalue weighted by Gasteiger charge is -2.27. The summed E-state index contributed by atoms with van der Waals surface area (Å²) in [7, 11) is 1.77. The van der Waals surface area contributed by atoms with Crippen LogP contribution in [0.3, 0.4) is 0 Å². The molecule has 0 saturated heterocycles. The predicted molar refractivity (Wildman–Crippen MR) is 80.8 cm³/mol. The standard InChI is InChI=1S/C17H19NO3/c1-18-12-13-21-16(19)17(20,14-8-4-2-5-9-14)15-10-6-3-7-11-15/h2-11,18,20H,12-13H2,1H3. The lowest BCUT2D eigenvalue weighted by molar-refractivity contribution is -0.162. The monoisotopic (exact) mass is 285 g/mol. The van der Waals surface area contributed by atoms with Crippen LogP contribution in [0, 0.1) is 0 Å². The van der Waals surface area contributed by atoms with Gasteiger partial charge in [-0.05, 0) is 18.2 Å². The Labute approximate surface area is 124 Å². The summed E-state index contributed by atoms with van der Waals surface area (Å²) in [6.45, 7) is 0.739.